The van der Waals surface area contributed by atoms with Crippen LogP contribution in [0.15, 0.2) is 39.7 Å². The van der Waals surface area contributed by atoms with Gasteiger partial charge in [0.2, 0.25) is 0 Å². The van der Waals surface area contributed by atoms with E-state index in [0.29, 0.717) is 5.56 Å². The summed E-state index contributed by atoms with van der Waals surface area (Å²) in [6, 6.07) is 5.98. The molecule has 0 saturated carbocycles. The Labute approximate surface area is 124 Å². The maximum Gasteiger partial charge on any atom is 0.144 e. The zero-order valence-electron chi connectivity index (χ0n) is 10.00. The first-order valence-electron chi connectivity index (χ1n) is 5.46. The minimum Gasteiger partial charge on any atom is -0.399 e. The van der Waals surface area contributed by atoms with Crippen molar-refractivity contribution in [2.75, 3.05) is 5.73 Å². The molecule has 0 saturated heterocycles. The van der Waals surface area contributed by atoms with Gasteiger partial charge < -0.3 is 5.73 Å². The summed E-state index contributed by atoms with van der Waals surface area (Å²) in [5.74, 6) is -2.70. The number of hydrogen-bond donors (Lipinski definition) is 1. The molecule has 2 N–H and O–H groups in total. The van der Waals surface area contributed by atoms with E-state index in [1.807, 2.05) is 0 Å². The van der Waals surface area contributed by atoms with Gasteiger partial charge in [-0.1, -0.05) is 12.1 Å². The summed E-state index contributed by atoms with van der Waals surface area (Å²) in [7, 11) is -1.99. The molecule has 106 valence electrons. The second kappa shape index (κ2) is 5.97. The van der Waals surface area contributed by atoms with Crippen LogP contribution in [0, 0.1) is 17.5 Å². The molecule has 0 spiro atoms. The van der Waals surface area contributed by atoms with Crippen LogP contribution in [0.2, 0.25) is 0 Å². The molecule has 0 aromatic heterocycles. The maximum absolute atomic E-state index is 13.6. The van der Waals surface area contributed by atoms with Gasteiger partial charge in [-0.05, 0) is 39.7 Å². The Morgan fingerprint density at radius 1 is 1.10 bits per heavy atom. The zero-order chi connectivity index (χ0) is 14.9. The highest BCUT2D eigenvalue weighted by atomic mass is 79.9. The topological polar surface area (TPSA) is 43.1 Å². The number of nitrogens with two attached hydrogens (primary N) is 1. The second-order valence-corrected chi connectivity index (χ2v) is 6.20. The van der Waals surface area contributed by atoms with Gasteiger partial charge in [0.15, 0.2) is 0 Å². The first-order valence-corrected chi connectivity index (χ1v) is 7.57. The molecule has 0 aliphatic rings. The van der Waals surface area contributed by atoms with Crippen molar-refractivity contribution < 1.29 is 17.4 Å². The van der Waals surface area contributed by atoms with Crippen molar-refractivity contribution in [2.24, 2.45) is 0 Å². The fourth-order valence-corrected chi connectivity index (χ4v) is 3.48. The summed E-state index contributed by atoms with van der Waals surface area (Å²) in [5, 5.41) is 0. The van der Waals surface area contributed by atoms with Crippen LogP contribution in [-0.4, -0.2) is 4.21 Å². The molecular weight excluding hydrogens is 355 g/mol. The van der Waals surface area contributed by atoms with Gasteiger partial charge in [0.25, 0.3) is 0 Å². The average molecular weight is 364 g/mol. The summed E-state index contributed by atoms with van der Waals surface area (Å²) in [5.41, 5.74) is 5.56. The minimum atomic E-state index is -1.99. The predicted octanol–water partition coefficient (Wildman–Crippen LogP) is 3.76. The molecule has 0 fully saturated rings. The molecule has 0 aliphatic carbocycles. The van der Waals surface area contributed by atoms with Crippen LogP contribution < -0.4 is 5.73 Å². The third-order valence-corrected chi connectivity index (χ3v) is 4.87. The molecule has 2 aromatic carbocycles. The van der Waals surface area contributed by atoms with Crippen LogP contribution in [0.1, 0.15) is 5.56 Å². The van der Waals surface area contributed by atoms with E-state index in [9.17, 15) is 17.4 Å². The smallest absolute Gasteiger partial charge is 0.144 e. The van der Waals surface area contributed by atoms with E-state index < -0.39 is 33.1 Å². The Kier molecular flexibility index (Phi) is 4.49. The maximum atomic E-state index is 13.6. The molecule has 0 amide bonds. The second-order valence-electron chi connectivity index (χ2n) is 4.02. The van der Waals surface area contributed by atoms with E-state index in [1.165, 1.54) is 18.2 Å². The van der Waals surface area contributed by atoms with Gasteiger partial charge in [-0.3, -0.25) is 4.21 Å². The Hall–Kier alpha value is -1.34. The fraction of sp³-hybridized carbons (Fsp3) is 0.0769. The number of halogens is 4. The van der Waals surface area contributed by atoms with Gasteiger partial charge in [-0.2, -0.15) is 0 Å². The van der Waals surface area contributed by atoms with Gasteiger partial charge >= 0.3 is 0 Å². The first kappa shape index (κ1) is 15.1. The molecule has 7 heteroatoms. The summed E-state index contributed by atoms with van der Waals surface area (Å²) in [6.45, 7) is 0. The number of hydrogen-bond acceptors (Lipinski definition) is 2. The van der Waals surface area contributed by atoms with E-state index in [4.69, 9.17) is 5.73 Å². The number of nitrogen functional groups attached to an aromatic ring is 1. The van der Waals surface area contributed by atoms with Crippen molar-refractivity contribution in [3.63, 3.8) is 0 Å². The molecule has 0 bridgehead atoms. The van der Waals surface area contributed by atoms with Crippen molar-refractivity contribution in [3.05, 3.63) is 57.8 Å². The Morgan fingerprint density at radius 2 is 1.70 bits per heavy atom. The number of anilines is 1. The molecule has 20 heavy (non-hydrogen) atoms. The van der Waals surface area contributed by atoms with Crippen LogP contribution in [0.25, 0.3) is 0 Å². The fourth-order valence-electron chi connectivity index (χ4n) is 1.67. The molecule has 1 atom stereocenters. The molecule has 0 aliphatic heterocycles. The van der Waals surface area contributed by atoms with Crippen molar-refractivity contribution >= 4 is 32.4 Å². The highest BCUT2D eigenvalue weighted by Gasteiger charge is 2.18. The normalized spacial score (nSPS) is 12.4. The van der Waals surface area contributed by atoms with E-state index in [2.05, 4.69) is 15.9 Å². The lowest BCUT2D eigenvalue weighted by atomic mass is 10.2. The SMILES string of the molecule is Nc1cc(F)c(S(=O)Cc2cccc(F)c2Br)c(F)c1. The van der Waals surface area contributed by atoms with Gasteiger partial charge in [-0.15, -0.1) is 0 Å². The largest absolute Gasteiger partial charge is 0.399 e. The standard InChI is InChI=1S/C13H9BrF3NOS/c14-12-7(2-1-3-9(12)15)6-20(19)13-10(16)4-8(18)5-11(13)17/h1-5H,6,18H2. The minimum absolute atomic E-state index is 0.0901. The summed E-state index contributed by atoms with van der Waals surface area (Å²) < 4.78 is 52.8. The lowest BCUT2D eigenvalue weighted by Crippen LogP contribution is -2.05. The monoisotopic (exact) mass is 363 g/mol. The summed E-state index contributed by atoms with van der Waals surface area (Å²) >= 11 is 3.01. The van der Waals surface area contributed by atoms with Gasteiger partial charge in [-0.25, -0.2) is 13.2 Å². The third-order valence-electron chi connectivity index (χ3n) is 2.57. The average Bonchev–Trinajstić information content (AvgIpc) is 2.33. The zero-order valence-corrected chi connectivity index (χ0v) is 12.4. The molecule has 2 aromatic rings. The quantitative estimate of drug-likeness (QED) is 0.843. The highest BCUT2D eigenvalue weighted by Crippen LogP contribution is 2.26. The molecule has 1 unspecified atom stereocenters. The van der Waals surface area contributed by atoms with Crippen molar-refractivity contribution in [1.82, 2.24) is 0 Å². The van der Waals surface area contributed by atoms with Crippen molar-refractivity contribution in [2.45, 2.75) is 10.6 Å². The predicted molar refractivity (Wildman–Crippen MR) is 75.0 cm³/mol. The van der Waals surface area contributed by atoms with Crippen molar-refractivity contribution in [1.29, 1.82) is 0 Å². The van der Waals surface area contributed by atoms with Crippen molar-refractivity contribution in [3.8, 4) is 0 Å². The Balaban J connectivity index is 2.36. The third kappa shape index (κ3) is 3.04. The lowest BCUT2D eigenvalue weighted by Gasteiger charge is -2.08. The first-order chi connectivity index (χ1) is 9.40. The van der Waals surface area contributed by atoms with Crippen LogP contribution in [0.4, 0.5) is 18.9 Å². The Bertz CT molecular complexity index is 670. The highest BCUT2D eigenvalue weighted by molar-refractivity contribution is 9.10. The molecule has 2 nitrogen and oxygen atoms in total. The number of benzene rings is 2. The van der Waals surface area contributed by atoms with Gasteiger partial charge in [0, 0.05) is 5.69 Å². The molecule has 0 heterocycles. The summed E-state index contributed by atoms with van der Waals surface area (Å²) in [4.78, 5) is -0.560. The van der Waals surface area contributed by atoms with Crippen LogP contribution >= 0.6 is 15.9 Å². The lowest BCUT2D eigenvalue weighted by molar-refractivity contribution is 0.535. The van der Waals surface area contributed by atoms with Crippen LogP contribution in [-0.2, 0) is 16.6 Å². The van der Waals surface area contributed by atoms with E-state index in [-0.39, 0.29) is 15.9 Å². The van der Waals surface area contributed by atoms with E-state index in [1.54, 1.807) is 0 Å². The Morgan fingerprint density at radius 3 is 2.30 bits per heavy atom. The molecule has 2 rings (SSSR count). The molecule has 0 radical (unpaired) electrons. The van der Waals surface area contributed by atoms with E-state index in [0.717, 1.165) is 12.1 Å². The summed E-state index contributed by atoms with van der Waals surface area (Å²) in [6.07, 6.45) is 0. The van der Waals surface area contributed by atoms with Crippen LogP contribution in [0.5, 0.6) is 0 Å². The van der Waals surface area contributed by atoms with Crippen LogP contribution in [0.3, 0.4) is 0 Å². The van der Waals surface area contributed by atoms with E-state index >= 15 is 0 Å². The van der Waals surface area contributed by atoms with Gasteiger partial charge in [0.1, 0.15) is 22.3 Å². The molecular formula is C13H9BrF3NOS. The van der Waals surface area contributed by atoms with Gasteiger partial charge in [0.05, 0.1) is 21.0 Å². The number of rotatable bonds is 3.